The van der Waals surface area contributed by atoms with Crippen molar-refractivity contribution in [2.24, 2.45) is 0 Å². The highest BCUT2D eigenvalue weighted by atomic mass is 32.2. The minimum atomic E-state index is -4.02. The number of nitrogens with zero attached hydrogens (tertiary/aromatic N) is 4. The van der Waals surface area contributed by atoms with E-state index < -0.39 is 16.1 Å². The molecule has 0 spiro atoms. The van der Waals surface area contributed by atoms with E-state index in [1.54, 1.807) is 36.5 Å². The second-order valence-electron chi connectivity index (χ2n) is 13.6. The molecule has 0 aliphatic carbocycles. The standard InChI is InChI=1S/C42H50N6O8S/c1-47(2)37-16-8-15-35-34(37)14-9-17-38(35)57(51,52)46-32-13-7-12-31(28-32)36-29-44-42(43-19-22-54-24-26-56-27-25-55-23-21-49)45-40(36)48-20-18-33(39(48)41(50)53-3)30-10-5-4-6-11-30/h4-17,28-29,33,39,46,49H,18-27H2,1-3H3,(H,43,44,45). The van der Waals surface area contributed by atoms with Crippen LogP contribution in [0.15, 0.2) is 102 Å². The summed E-state index contributed by atoms with van der Waals surface area (Å²) in [5, 5.41) is 13.4. The minimum absolute atomic E-state index is 0.0230. The molecule has 0 amide bonds. The number of hydrogen-bond donors (Lipinski definition) is 3. The number of sulfonamides is 1. The number of fused-ring (bicyclic) bond motifs is 1. The first-order valence-electron chi connectivity index (χ1n) is 18.9. The van der Waals surface area contributed by atoms with Crippen molar-refractivity contribution < 1.29 is 37.3 Å². The van der Waals surface area contributed by atoms with Gasteiger partial charge in [-0.05, 0) is 41.8 Å². The first-order valence-corrected chi connectivity index (χ1v) is 20.4. The normalized spacial score (nSPS) is 15.5. The number of rotatable bonds is 20. The molecule has 6 rings (SSSR count). The molecular weight excluding hydrogens is 749 g/mol. The summed E-state index contributed by atoms with van der Waals surface area (Å²) in [6, 6.07) is 27.2. The van der Waals surface area contributed by atoms with Crippen LogP contribution in [-0.2, 0) is 33.8 Å². The monoisotopic (exact) mass is 798 g/mol. The summed E-state index contributed by atoms with van der Waals surface area (Å²) in [5.41, 5.74) is 3.55. The number of esters is 1. The average molecular weight is 799 g/mol. The number of carbonyl (C=O) groups excluding carboxylic acids is 1. The molecule has 0 radical (unpaired) electrons. The van der Waals surface area contributed by atoms with Crippen LogP contribution in [0.1, 0.15) is 17.9 Å². The fourth-order valence-corrected chi connectivity index (χ4v) is 8.34. The zero-order chi connectivity index (χ0) is 40.2. The van der Waals surface area contributed by atoms with Crippen LogP contribution in [0.5, 0.6) is 0 Å². The molecule has 3 N–H and O–H groups in total. The molecule has 5 aromatic rings. The zero-order valence-electron chi connectivity index (χ0n) is 32.5. The number of carbonyl (C=O) groups is 1. The molecule has 1 aliphatic rings. The van der Waals surface area contributed by atoms with Crippen LogP contribution in [0.4, 0.5) is 23.1 Å². The van der Waals surface area contributed by atoms with Gasteiger partial charge in [-0.1, -0.05) is 66.7 Å². The van der Waals surface area contributed by atoms with Crippen molar-refractivity contribution in [1.29, 1.82) is 0 Å². The van der Waals surface area contributed by atoms with Crippen molar-refractivity contribution in [2.75, 3.05) is 100 Å². The number of aliphatic hydroxyl groups is 1. The van der Waals surface area contributed by atoms with Gasteiger partial charge in [0, 0.05) is 67.0 Å². The first-order chi connectivity index (χ1) is 27.7. The number of hydrogen-bond acceptors (Lipinski definition) is 13. The highest BCUT2D eigenvalue weighted by Gasteiger charge is 2.42. The molecule has 302 valence electrons. The van der Waals surface area contributed by atoms with Gasteiger partial charge in [-0.2, -0.15) is 4.98 Å². The molecule has 2 unspecified atom stereocenters. The van der Waals surface area contributed by atoms with Crippen LogP contribution in [0, 0.1) is 0 Å². The number of anilines is 4. The number of nitrogens with one attached hydrogen (secondary N) is 2. The Balaban J connectivity index is 1.26. The average Bonchev–Trinajstić information content (AvgIpc) is 3.67. The van der Waals surface area contributed by atoms with Gasteiger partial charge in [-0.25, -0.2) is 18.2 Å². The van der Waals surface area contributed by atoms with E-state index in [9.17, 15) is 13.2 Å². The van der Waals surface area contributed by atoms with Gasteiger partial charge in [-0.3, -0.25) is 4.72 Å². The number of ether oxygens (including phenoxy) is 4. The zero-order valence-corrected chi connectivity index (χ0v) is 33.3. The summed E-state index contributed by atoms with van der Waals surface area (Å²) in [6.45, 7) is 3.15. The van der Waals surface area contributed by atoms with E-state index in [0.717, 1.165) is 16.6 Å². The topological polar surface area (TPSA) is 165 Å². The fraction of sp³-hybridized carbons (Fsp3) is 0.357. The Morgan fingerprint density at radius 2 is 1.58 bits per heavy atom. The lowest BCUT2D eigenvalue weighted by Gasteiger charge is -2.29. The Labute approximate surface area is 333 Å². The van der Waals surface area contributed by atoms with Crippen molar-refractivity contribution in [2.45, 2.75) is 23.3 Å². The predicted octanol–water partition coefficient (Wildman–Crippen LogP) is 5.15. The summed E-state index contributed by atoms with van der Waals surface area (Å²) in [5.74, 6) is 0.308. The maximum Gasteiger partial charge on any atom is 0.329 e. The molecule has 57 heavy (non-hydrogen) atoms. The highest BCUT2D eigenvalue weighted by molar-refractivity contribution is 7.93. The number of methoxy groups -OCH3 is 1. The summed E-state index contributed by atoms with van der Waals surface area (Å²) < 4.78 is 52.5. The Morgan fingerprint density at radius 3 is 2.32 bits per heavy atom. The minimum Gasteiger partial charge on any atom is -0.467 e. The van der Waals surface area contributed by atoms with Crippen LogP contribution < -0.4 is 19.8 Å². The lowest BCUT2D eigenvalue weighted by atomic mass is 9.91. The predicted molar refractivity (Wildman–Crippen MR) is 222 cm³/mol. The van der Waals surface area contributed by atoms with Crippen LogP contribution in [0.2, 0.25) is 0 Å². The summed E-state index contributed by atoms with van der Waals surface area (Å²) in [7, 11) is 1.22. The molecule has 4 aromatic carbocycles. The van der Waals surface area contributed by atoms with Crippen molar-refractivity contribution in [3.8, 4) is 11.1 Å². The van der Waals surface area contributed by atoms with Gasteiger partial charge in [0.2, 0.25) is 5.95 Å². The second-order valence-corrected chi connectivity index (χ2v) is 15.2. The quantitative estimate of drug-likeness (QED) is 0.0700. The molecule has 1 saturated heterocycles. The largest absolute Gasteiger partial charge is 0.467 e. The van der Waals surface area contributed by atoms with Crippen LogP contribution in [0.25, 0.3) is 21.9 Å². The van der Waals surface area contributed by atoms with Crippen molar-refractivity contribution in [1.82, 2.24) is 9.97 Å². The van der Waals surface area contributed by atoms with Crippen molar-refractivity contribution in [3.05, 3.63) is 103 Å². The Hall–Kier alpha value is -5.32. The van der Waals surface area contributed by atoms with Crippen LogP contribution in [-0.4, -0.2) is 116 Å². The number of benzene rings is 4. The second kappa shape index (κ2) is 19.7. The smallest absolute Gasteiger partial charge is 0.329 e. The van der Waals surface area contributed by atoms with Gasteiger partial charge in [0.25, 0.3) is 10.0 Å². The Kier molecular flexibility index (Phi) is 14.3. The molecule has 14 nitrogen and oxygen atoms in total. The van der Waals surface area contributed by atoms with E-state index in [0.29, 0.717) is 86.5 Å². The molecule has 0 bridgehead atoms. The molecular formula is C42H50N6O8S. The van der Waals surface area contributed by atoms with Crippen molar-refractivity contribution >= 4 is 49.9 Å². The van der Waals surface area contributed by atoms with Gasteiger partial charge in [0.1, 0.15) is 11.9 Å². The third kappa shape index (κ3) is 10.2. The molecule has 1 aliphatic heterocycles. The van der Waals surface area contributed by atoms with Gasteiger partial charge < -0.3 is 39.2 Å². The molecule has 2 atom stereocenters. The summed E-state index contributed by atoms with van der Waals surface area (Å²) in [6.07, 6.45) is 2.36. The molecule has 1 fully saturated rings. The van der Waals surface area contributed by atoms with Gasteiger partial charge in [0.15, 0.2) is 0 Å². The van der Waals surface area contributed by atoms with E-state index in [4.69, 9.17) is 29.0 Å². The summed E-state index contributed by atoms with van der Waals surface area (Å²) in [4.78, 5) is 27.2. The Bertz CT molecular complexity index is 2210. The van der Waals surface area contributed by atoms with E-state index in [-0.39, 0.29) is 30.0 Å². The molecule has 15 heteroatoms. The number of aromatic nitrogens is 2. The lowest BCUT2D eigenvalue weighted by molar-refractivity contribution is -0.142. The molecule has 1 aromatic heterocycles. The third-order valence-electron chi connectivity index (χ3n) is 9.67. The van der Waals surface area contributed by atoms with E-state index in [1.807, 2.05) is 84.6 Å². The van der Waals surface area contributed by atoms with Crippen LogP contribution >= 0.6 is 0 Å². The van der Waals surface area contributed by atoms with Gasteiger partial charge in [0.05, 0.1) is 58.3 Å². The van der Waals surface area contributed by atoms with Crippen molar-refractivity contribution in [3.63, 3.8) is 0 Å². The van der Waals surface area contributed by atoms with Gasteiger partial charge in [-0.15, -0.1) is 0 Å². The summed E-state index contributed by atoms with van der Waals surface area (Å²) >= 11 is 0. The molecule has 2 heterocycles. The van der Waals surface area contributed by atoms with E-state index in [1.165, 1.54) is 7.11 Å². The fourth-order valence-electron chi connectivity index (χ4n) is 7.06. The maximum atomic E-state index is 14.0. The maximum absolute atomic E-state index is 14.0. The lowest BCUT2D eigenvalue weighted by Crippen LogP contribution is -2.40. The first kappa shape index (κ1) is 41.3. The Morgan fingerprint density at radius 1 is 0.877 bits per heavy atom. The SMILES string of the molecule is COC(=O)C1C(c2ccccc2)CCN1c1nc(NCCOCCOCCOCCO)ncc1-c1cccc(NS(=O)(=O)c2cccc3c(N(C)C)cccc23)c1. The van der Waals surface area contributed by atoms with Crippen LogP contribution in [0.3, 0.4) is 0 Å². The molecule has 0 saturated carbocycles. The third-order valence-corrected chi connectivity index (χ3v) is 11.1. The van der Waals surface area contributed by atoms with E-state index >= 15 is 0 Å². The highest BCUT2D eigenvalue weighted by Crippen LogP contribution is 2.41. The van der Waals surface area contributed by atoms with Gasteiger partial charge >= 0.3 is 5.97 Å². The van der Waals surface area contributed by atoms with E-state index in [2.05, 4.69) is 15.0 Å². The number of aliphatic hydroxyl groups excluding tert-OH is 1.